The number of aliphatic hydroxyl groups is 2. The molecule has 0 fully saturated rings. The monoisotopic (exact) mass is 1400 g/mol. The highest BCUT2D eigenvalue weighted by Gasteiger charge is 2.29. The van der Waals surface area contributed by atoms with Gasteiger partial charge in [0.25, 0.3) is 0 Å². The lowest BCUT2D eigenvalue weighted by molar-refractivity contribution is -0.161. The summed E-state index contributed by atoms with van der Waals surface area (Å²) in [5.74, 6) is -1.70. The zero-order chi connectivity index (χ0) is 70.9. The molecule has 18 heteroatoms. The predicted octanol–water partition coefficient (Wildman–Crippen LogP) is 21.1. The van der Waals surface area contributed by atoms with Gasteiger partial charge in [-0.1, -0.05) is 269 Å². The molecule has 0 bridgehead atoms. The second-order valence-corrected chi connectivity index (χ2v) is 26.9. The van der Waals surface area contributed by atoms with Gasteiger partial charge in [-0.25, -0.2) is 9.13 Å². The number of phosphoric ester groups is 2. The summed E-state index contributed by atoms with van der Waals surface area (Å²) < 4.78 is 60.9. The Morgan fingerprint density at radius 1 is 0.299 bits per heavy atom. The van der Waals surface area contributed by atoms with Crippen LogP contribution in [0.15, 0.2) is 158 Å². The van der Waals surface area contributed by atoms with Gasteiger partial charge in [0.05, 0.1) is 26.4 Å². The highest BCUT2D eigenvalue weighted by atomic mass is 31.2. The van der Waals surface area contributed by atoms with Gasteiger partial charge in [0.2, 0.25) is 0 Å². The molecular weight excluding hydrogens is 1270 g/mol. The molecule has 0 aromatic heterocycles. The van der Waals surface area contributed by atoms with E-state index in [1.165, 1.54) is 57.8 Å². The Morgan fingerprint density at radius 3 is 0.938 bits per heavy atom. The number of hydrogen-bond donors (Lipinski definition) is 4. The van der Waals surface area contributed by atoms with Crippen LogP contribution in [0.25, 0.3) is 0 Å². The van der Waals surface area contributed by atoms with Crippen molar-refractivity contribution in [2.24, 2.45) is 0 Å². The minimum atomic E-state index is -4.95. The Balaban J connectivity index is 4.57. The molecule has 5 atom stereocenters. The molecule has 4 N–H and O–H groups in total. The van der Waals surface area contributed by atoms with Gasteiger partial charge in [-0.05, 0) is 135 Å². The summed E-state index contributed by atoms with van der Waals surface area (Å²) in [6.45, 7) is 2.30. The fourth-order valence-electron chi connectivity index (χ4n) is 9.18. The maximum atomic E-state index is 12.9. The summed E-state index contributed by atoms with van der Waals surface area (Å²) in [7, 11) is -9.81. The number of allylic oxidation sites excluding steroid dienone is 26. The number of phosphoric acid groups is 2. The number of unbranched alkanes of at least 4 members (excludes halogenated alkanes) is 19. The minimum absolute atomic E-state index is 0.0395. The van der Waals surface area contributed by atoms with Crippen molar-refractivity contribution in [2.75, 3.05) is 39.6 Å². The first-order chi connectivity index (χ1) is 47.2. The number of rotatable bonds is 68. The van der Waals surface area contributed by atoms with Crippen LogP contribution in [0.1, 0.15) is 265 Å². The Kier molecular flexibility index (Phi) is 67.5. The largest absolute Gasteiger partial charge is 0.472 e. The van der Waals surface area contributed by atoms with Crippen molar-refractivity contribution in [1.29, 1.82) is 0 Å². The minimum Gasteiger partial charge on any atom is -0.463 e. The van der Waals surface area contributed by atoms with Gasteiger partial charge in [0.1, 0.15) is 25.4 Å². The number of esters is 3. The second-order valence-electron chi connectivity index (χ2n) is 24.0. The summed E-state index contributed by atoms with van der Waals surface area (Å²) in [6, 6.07) is 0. The zero-order valence-corrected chi connectivity index (χ0v) is 61.7. The summed E-state index contributed by atoms with van der Waals surface area (Å²) in [6.07, 6.45) is 87.5. The molecule has 5 unspecified atom stereocenters. The van der Waals surface area contributed by atoms with E-state index in [1.807, 2.05) is 18.2 Å². The third-order valence-electron chi connectivity index (χ3n) is 14.7. The van der Waals surface area contributed by atoms with E-state index >= 15 is 0 Å². The van der Waals surface area contributed by atoms with Crippen molar-refractivity contribution >= 4 is 33.6 Å². The van der Waals surface area contributed by atoms with Gasteiger partial charge in [-0.15, -0.1) is 0 Å². The number of aliphatic hydroxyl groups excluding tert-OH is 2. The third kappa shape index (κ3) is 72.2. The van der Waals surface area contributed by atoms with Gasteiger partial charge in [-0.3, -0.25) is 32.5 Å². The fraction of sp³-hybridized carbons (Fsp3) is 0.633. The molecule has 0 spiro atoms. The first kappa shape index (κ1) is 92.2. The average molecular weight is 1400 g/mol. The van der Waals surface area contributed by atoms with Gasteiger partial charge in [-0.2, -0.15) is 0 Å². The van der Waals surface area contributed by atoms with Crippen LogP contribution < -0.4 is 0 Å². The lowest BCUT2D eigenvalue weighted by atomic mass is 10.1. The van der Waals surface area contributed by atoms with Crippen LogP contribution in [0, 0.1) is 0 Å². The first-order valence-corrected chi connectivity index (χ1v) is 39.8. The molecule has 0 aliphatic rings. The average Bonchev–Trinajstić information content (AvgIpc) is 1.64. The van der Waals surface area contributed by atoms with Gasteiger partial charge >= 0.3 is 33.6 Å². The lowest BCUT2D eigenvalue weighted by Gasteiger charge is -2.21. The van der Waals surface area contributed by atoms with Gasteiger partial charge in [0.15, 0.2) is 6.10 Å². The van der Waals surface area contributed by atoms with Gasteiger partial charge < -0.3 is 34.2 Å². The molecule has 0 rings (SSSR count). The molecule has 0 amide bonds. The Hall–Kier alpha value is -4.83. The SMILES string of the molecule is CC/C=C\C/C=C\C/C=C\C/C=C\C/C=C\C/C=C\CCCCCCCCCCCCC(=O)OCC(O)COP(=O)(O)OCC(O)COP(=O)(O)OCC(COC(=O)CC/C=C\C/C=C\C/C=C\C/C=C\C/C=C\C/C=C\CC)OC(=O)CCCCCCC/C=C\CCCCCC. The van der Waals surface area contributed by atoms with E-state index in [2.05, 4.69) is 161 Å². The summed E-state index contributed by atoms with van der Waals surface area (Å²) in [5.41, 5.74) is 0. The van der Waals surface area contributed by atoms with E-state index < -0.39 is 91.5 Å². The molecule has 0 aliphatic heterocycles. The van der Waals surface area contributed by atoms with Crippen LogP contribution in [0.3, 0.4) is 0 Å². The maximum Gasteiger partial charge on any atom is 0.472 e. The Morgan fingerprint density at radius 2 is 0.567 bits per heavy atom. The fourth-order valence-corrected chi connectivity index (χ4v) is 10.8. The van der Waals surface area contributed by atoms with Crippen LogP contribution in [0.5, 0.6) is 0 Å². The van der Waals surface area contributed by atoms with Crippen molar-refractivity contribution < 1.29 is 75.8 Å². The molecule has 0 heterocycles. The number of hydrogen-bond acceptors (Lipinski definition) is 14. The highest BCUT2D eigenvalue weighted by Crippen LogP contribution is 2.45. The van der Waals surface area contributed by atoms with Crippen molar-refractivity contribution in [3.8, 4) is 0 Å². The van der Waals surface area contributed by atoms with Crippen molar-refractivity contribution in [3.63, 3.8) is 0 Å². The lowest BCUT2D eigenvalue weighted by Crippen LogP contribution is -2.30. The highest BCUT2D eigenvalue weighted by molar-refractivity contribution is 7.47. The quantitative estimate of drug-likeness (QED) is 0.0146. The van der Waals surface area contributed by atoms with Crippen molar-refractivity contribution in [2.45, 2.75) is 283 Å². The number of carbonyl (C=O) groups is 3. The molecule has 16 nitrogen and oxygen atoms in total. The molecule has 552 valence electrons. The summed E-state index contributed by atoms with van der Waals surface area (Å²) in [5, 5.41) is 20.6. The first-order valence-electron chi connectivity index (χ1n) is 36.8. The van der Waals surface area contributed by atoms with E-state index in [1.54, 1.807) is 0 Å². The van der Waals surface area contributed by atoms with E-state index in [4.69, 9.17) is 32.3 Å². The smallest absolute Gasteiger partial charge is 0.463 e. The standard InChI is InChI=1S/C79H130O16P2/c1-4-7-10-13-16-19-22-25-27-29-31-32-33-34-35-36-37-38-39-40-42-44-45-48-50-53-56-59-62-65-77(82)89-68-74(80)69-91-96(85,86)92-70-75(81)71-93-97(87,88)94-73-76(95-79(84)67-64-61-58-55-52-47-24-21-18-15-12-9-6-3)72-90-78(83)66-63-60-57-54-51-49-46-43-41-30-28-26-23-20-17-14-11-8-5-2/h7-8,10-11,16-17,19-21,24-28,31-32,34-35,37-38,41,43,49,51,57,60,74-76,80-81H,4-6,9,12-15,18,22-23,29-30,33,36,39-40,42,44-48,50,52-56,58-59,61-73H2,1-3H3,(H,85,86)(H,87,88)/b10-7-,11-8-,19-16-,20-17-,24-21-,27-25-,28-26-,32-31-,35-34-,38-37-,43-41-,51-49-,60-57-. The molecule has 97 heavy (non-hydrogen) atoms. The maximum absolute atomic E-state index is 12.9. The summed E-state index contributed by atoms with van der Waals surface area (Å²) in [4.78, 5) is 58.4. The van der Waals surface area contributed by atoms with Crippen molar-refractivity contribution in [3.05, 3.63) is 158 Å². The van der Waals surface area contributed by atoms with E-state index in [-0.39, 0.29) is 19.3 Å². The van der Waals surface area contributed by atoms with Crippen LogP contribution in [0.4, 0.5) is 0 Å². The van der Waals surface area contributed by atoms with E-state index in [0.717, 1.165) is 141 Å². The van der Waals surface area contributed by atoms with Crippen LogP contribution in [-0.2, 0) is 55.8 Å². The number of ether oxygens (including phenoxy) is 3. The van der Waals surface area contributed by atoms with Crippen molar-refractivity contribution in [1.82, 2.24) is 0 Å². The zero-order valence-electron chi connectivity index (χ0n) is 59.9. The normalized spacial score (nSPS) is 15.0. The predicted molar refractivity (Wildman–Crippen MR) is 399 cm³/mol. The molecule has 0 radical (unpaired) electrons. The van der Waals surface area contributed by atoms with E-state index in [0.29, 0.717) is 25.7 Å². The molecule has 0 aliphatic carbocycles. The Bertz CT molecular complexity index is 2400. The summed E-state index contributed by atoms with van der Waals surface area (Å²) >= 11 is 0. The third-order valence-corrected chi connectivity index (χ3v) is 16.6. The molecule has 0 saturated carbocycles. The molecular formula is C79H130O16P2. The Labute approximate surface area is 587 Å². The molecule has 0 saturated heterocycles. The van der Waals surface area contributed by atoms with Crippen LogP contribution in [-0.4, -0.2) is 95.9 Å². The van der Waals surface area contributed by atoms with Crippen LogP contribution >= 0.6 is 15.6 Å². The topological polar surface area (TPSA) is 231 Å². The van der Waals surface area contributed by atoms with Crippen LogP contribution in [0.2, 0.25) is 0 Å². The molecule has 0 aromatic carbocycles. The number of carbonyl (C=O) groups excluding carboxylic acids is 3. The van der Waals surface area contributed by atoms with Gasteiger partial charge in [0, 0.05) is 19.3 Å². The van der Waals surface area contributed by atoms with E-state index in [9.17, 15) is 43.5 Å². The molecule has 0 aromatic rings. The second kappa shape index (κ2) is 71.0.